The maximum absolute atomic E-state index is 13.0. The highest BCUT2D eigenvalue weighted by Crippen LogP contribution is 2.28. The molecule has 1 fully saturated rings. The standard InChI is InChI=1S/C27H36N2O2/c1-5-8-25(30)29(26(19(2)3)27(31)28-17-21-11-12-21)18-22-13-15-23(16-14-22)24-10-7-6-9-20(24)4/h6-7,9-10,13-16,19,21,26H,5,8,11-12,17-18H2,1-4H3,(H,28,31). The highest BCUT2D eigenvalue weighted by molar-refractivity contribution is 5.88. The average Bonchev–Trinajstić information content (AvgIpc) is 3.57. The summed E-state index contributed by atoms with van der Waals surface area (Å²) in [6.45, 7) is 9.34. The Labute approximate surface area is 187 Å². The first kappa shape index (κ1) is 23.1. The third kappa shape index (κ3) is 6.19. The van der Waals surface area contributed by atoms with Crippen molar-refractivity contribution >= 4 is 11.8 Å². The van der Waals surface area contributed by atoms with Crippen LogP contribution in [0.25, 0.3) is 11.1 Å². The molecular weight excluding hydrogens is 384 g/mol. The molecule has 1 aliphatic carbocycles. The summed E-state index contributed by atoms with van der Waals surface area (Å²) in [5.74, 6) is 0.686. The van der Waals surface area contributed by atoms with Gasteiger partial charge in [-0.05, 0) is 60.3 Å². The Morgan fingerprint density at radius 2 is 1.74 bits per heavy atom. The number of nitrogens with one attached hydrogen (secondary N) is 1. The number of hydrogen-bond donors (Lipinski definition) is 1. The van der Waals surface area contributed by atoms with Gasteiger partial charge in [-0.25, -0.2) is 0 Å². The number of carbonyl (C=O) groups is 2. The maximum atomic E-state index is 13.0. The highest BCUT2D eigenvalue weighted by atomic mass is 16.2. The minimum absolute atomic E-state index is 0.0251. The fourth-order valence-electron chi connectivity index (χ4n) is 4.06. The van der Waals surface area contributed by atoms with Crippen molar-refractivity contribution in [2.75, 3.05) is 6.54 Å². The summed E-state index contributed by atoms with van der Waals surface area (Å²) >= 11 is 0. The lowest BCUT2D eigenvalue weighted by Gasteiger charge is -2.34. The molecule has 1 N–H and O–H groups in total. The van der Waals surface area contributed by atoms with Gasteiger partial charge in [-0.2, -0.15) is 0 Å². The molecule has 166 valence electrons. The first-order chi connectivity index (χ1) is 14.9. The van der Waals surface area contributed by atoms with Crippen molar-refractivity contribution in [1.82, 2.24) is 10.2 Å². The smallest absolute Gasteiger partial charge is 0.243 e. The average molecular weight is 421 g/mol. The summed E-state index contributed by atoms with van der Waals surface area (Å²) in [7, 11) is 0. The van der Waals surface area contributed by atoms with Crippen LogP contribution in [0.3, 0.4) is 0 Å². The quantitative estimate of drug-likeness (QED) is 0.564. The lowest BCUT2D eigenvalue weighted by atomic mass is 9.98. The molecule has 1 atom stereocenters. The predicted molar refractivity (Wildman–Crippen MR) is 126 cm³/mol. The summed E-state index contributed by atoms with van der Waals surface area (Å²) in [5.41, 5.74) is 4.66. The first-order valence-corrected chi connectivity index (χ1v) is 11.6. The van der Waals surface area contributed by atoms with Gasteiger partial charge in [0.2, 0.25) is 11.8 Å². The van der Waals surface area contributed by atoms with E-state index in [0.29, 0.717) is 18.9 Å². The summed E-state index contributed by atoms with van der Waals surface area (Å²) in [6.07, 6.45) is 3.62. The molecule has 0 aliphatic heterocycles. The van der Waals surface area contributed by atoms with E-state index in [1.54, 1.807) is 4.90 Å². The Balaban J connectivity index is 1.80. The van der Waals surface area contributed by atoms with Gasteiger partial charge in [0.05, 0.1) is 0 Å². The van der Waals surface area contributed by atoms with Crippen molar-refractivity contribution in [1.29, 1.82) is 0 Å². The van der Waals surface area contributed by atoms with Crippen LogP contribution in [0.5, 0.6) is 0 Å². The van der Waals surface area contributed by atoms with E-state index in [-0.39, 0.29) is 17.7 Å². The topological polar surface area (TPSA) is 49.4 Å². The maximum Gasteiger partial charge on any atom is 0.243 e. The second kappa shape index (κ2) is 10.6. The zero-order chi connectivity index (χ0) is 22.4. The van der Waals surface area contributed by atoms with Gasteiger partial charge < -0.3 is 10.2 Å². The van der Waals surface area contributed by atoms with Gasteiger partial charge in [-0.1, -0.05) is 69.3 Å². The molecule has 2 aromatic rings. The van der Waals surface area contributed by atoms with Gasteiger partial charge in [-0.3, -0.25) is 9.59 Å². The van der Waals surface area contributed by atoms with Crippen LogP contribution in [-0.4, -0.2) is 29.3 Å². The van der Waals surface area contributed by atoms with Crippen molar-refractivity contribution in [2.45, 2.75) is 66.0 Å². The third-order valence-electron chi connectivity index (χ3n) is 6.04. The molecule has 31 heavy (non-hydrogen) atoms. The van der Waals surface area contributed by atoms with E-state index in [9.17, 15) is 9.59 Å². The van der Waals surface area contributed by atoms with E-state index >= 15 is 0 Å². The second-order valence-electron chi connectivity index (χ2n) is 9.16. The number of nitrogens with zero attached hydrogens (tertiary/aromatic N) is 1. The molecule has 4 heteroatoms. The van der Waals surface area contributed by atoms with E-state index in [2.05, 4.69) is 54.7 Å². The van der Waals surface area contributed by atoms with Gasteiger partial charge in [0.25, 0.3) is 0 Å². The summed E-state index contributed by atoms with van der Waals surface area (Å²) in [5, 5.41) is 3.09. The van der Waals surface area contributed by atoms with Gasteiger partial charge in [0.1, 0.15) is 6.04 Å². The molecule has 2 aromatic carbocycles. The Morgan fingerprint density at radius 1 is 1.06 bits per heavy atom. The number of rotatable bonds is 10. The number of carbonyl (C=O) groups excluding carboxylic acids is 2. The Kier molecular flexibility index (Phi) is 7.89. The molecule has 1 saturated carbocycles. The van der Waals surface area contributed by atoms with Crippen molar-refractivity contribution < 1.29 is 9.59 Å². The van der Waals surface area contributed by atoms with Gasteiger partial charge >= 0.3 is 0 Å². The molecule has 0 spiro atoms. The van der Waals surface area contributed by atoms with Gasteiger partial charge in [0.15, 0.2) is 0 Å². The normalized spacial score (nSPS) is 14.4. The van der Waals surface area contributed by atoms with Crippen LogP contribution in [0.2, 0.25) is 0 Å². The van der Waals surface area contributed by atoms with Crippen molar-refractivity contribution in [3.63, 3.8) is 0 Å². The molecule has 0 aromatic heterocycles. The molecule has 0 bridgehead atoms. The predicted octanol–water partition coefficient (Wildman–Crippen LogP) is 5.34. The van der Waals surface area contributed by atoms with Crippen molar-refractivity contribution in [3.05, 3.63) is 59.7 Å². The number of aryl methyl sites for hydroxylation is 1. The van der Waals surface area contributed by atoms with Crippen LogP contribution in [0, 0.1) is 18.8 Å². The minimum atomic E-state index is -0.450. The van der Waals surface area contributed by atoms with E-state index in [1.807, 2.05) is 26.8 Å². The zero-order valence-electron chi connectivity index (χ0n) is 19.4. The van der Waals surface area contributed by atoms with Crippen LogP contribution in [0.1, 0.15) is 57.6 Å². The molecule has 1 unspecified atom stereocenters. The van der Waals surface area contributed by atoms with Gasteiger partial charge in [-0.15, -0.1) is 0 Å². The molecule has 2 amide bonds. The number of benzene rings is 2. The summed E-state index contributed by atoms with van der Waals surface area (Å²) in [4.78, 5) is 27.8. The summed E-state index contributed by atoms with van der Waals surface area (Å²) < 4.78 is 0. The van der Waals surface area contributed by atoms with Crippen LogP contribution in [-0.2, 0) is 16.1 Å². The fourth-order valence-corrected chi connectivity index (χ4v) is 4.06. The Hall–Kier alpha value is -2.62. The van der Waals surface area contributed by atoms with E-state index in [4.69, 9.17) is 0 Å². The van der Waals surface area contributed by atoms with E-state index in [1.165, 1.54) is 24.0 Å². The molecule has 3 rings (SSSR count). The van der Waals surface area contributed by atoms with Gasteiger partial charge in [0, 0.05) is 19.5 Å². The lowest BCUT2D eigenvalue weighted by Crippen LogP contribution is -2.52. The molecule has 4 nitrogen and oxygen atoms in total. The summed E-state index contributed by atoms with van der Waals surface area (Å²) in [6, 6.07) is 16.3. The fraction of sp³-hybridized carbons (Fsp3) is 0.481. The zero-order valence-corrected chi connectivity index (χ0v) is 19.4. The lowest BCUT2D eigenvalue weighted by molar-refractivity contribution is -0.143. The molecule has 0 saturated heterocycles. The monoisotopic (exact) mass is 420 g/mol. The Morgan fingerprint density at radius 3 is 2.32 bits per heavy atom. The first-order valence-electron chi connectivity index (χ1n) is 11.6. The SMILES string of the molecule is CCCC(=O)N(Cc1ccc(-c2ccccc2C)cc1)C(C(=O)NCC1CC1)C(C)C. The van der Waals surface area contributed by atoms with Crippen molar-refractivity contribution in [2.24, 2.45) is 11.8 Å². The molecule has 0 heterocycles. The highest BCUT2D eigenvalue weighted by Gasteiger charge is 2.33. The number of hydrogen-bond acceptors (Lipinski definition) is 2. The van der Waals surface area contributed by atoms with E-state index < -0.39 is 6.04 Å². The second-order valence-corrected chi connectivity index (χ2v) is 9.16. The number of amides is 2. The largest absolute Gasteiger partial charge is 0.354 e. The van der Waals surface area contributed by atoms with Crippen LogP contribution < -0.4 is 5.32 Å². The molecule has 1 aliphatic rings. The minimum Gasteiger partial charge on any atom is -0.354 e. The van der Waals surface area contributed by atoms with Crippen LogP contribution in [0.15, 0.2) is 48.5 Å². The third-order valence-corrected chi connectivity index (χ3v) is 6.04. The van der Waals surface area contributed by atoms with Crippen LogP contribution in [0.4, 0.5) is 0 Å². The van der Waals surface area contributed by atoms with E-state index in [0.717, 1.165) is 24.1 Å². The molecular formula is C27H36N2O2. The molecule has 0 radical (unpaired) electrons. The van der Waals surface area contributed by atoms with Crippen molar-refractivity contribution in [3.8, 4) is 11.1 Å². The Bertz CT molecular complexity index is 884. The van der Waals surface area contributed by atoms with Crippen LogP contribution >= 0.6 is 0 Å².